The summed E-state index contributed by atoms with van der Waals surface area (Å²) in [6, 6.07) is 17.7. The number of nitrogens with zero attached hydrogens (tertiary/aromatic N) is 3. The molecular formula is C22H15F3N4O2. The van der Waals surface area contributed by atoms with Crippen molar-refractivity contribution >= 4 is 11.6 Å². The van der Waals surface area contributed by atoms with Gasteiger partial charge in [-0.05, 0) is 66.7 Å². The number of nitrogens with one attached hydrogen (secondary N) is 1. The summed E-state index contributed by atoms with van der Waals surface area (Å²) in [5, 5.41) is 10.7. The molecule has 0 radical (unpaired) electrons. The fourth-order valence-electron chi connectivity index (χ4n) is 2.73. The number of halogens is 3. The third-order valence-corrected chi connectivity index (χ3v) is 4.30. The van der Waals surface area contributed by atoms with E-state index in [0.29, 0.717) is 23.1 Å². The van der Waals surface area contributed by atoms with Crippen LogP contribution in [0.5, 0.6) is 11.6 Å². The second-order valence-electron chi connectivity index (χ2n) is 6.48. The van der Waals surface area contributed by atoms with Crippen LogP contribution in [0.15, 0.2) is 85.2 Å². The fraction of sp³-hybridized carbons (Fsp3) is 0.0455. The molecule has 0 aliphatic heterocycles. The quantitative estimate of drug-likeness (QED) is 0.470. The molecule has 2 aromatic heterocycles. The topological polar surface area (TPSA) is 69.0 Å². The molecule has 2 heterocycles. The molecule has 0 bridgehead atoms. The van der Waals surface area contributed by atoms with Gasteiger partial charge in [0.2, 0.25) is 5.88 Å². The minimum atomic E-state index is -4.45. The molecule has 0 atom stereocenters. The summed E-state index contributed by atoms with van der Waals surface area (Å²) in [5.41, 5.74) is -0.229. The van der Waals surface area contributed by atoms with E-state index >= 15 is 0 Å². The number of amides is 1. The van der Waals surface area contributed by atoms with Crippen LogP contribution in [0.3, 0.4) is 0 Å². The molecule has 0 saturated carbocycles. The zero-order valence-corrected chi connectivity index (χ0v) is 15.9. The first-order valence-corrected chi connectivity index (χ1v) is 9.12. The second-order valence-corrected chi connectivity index (χ2v) is 6.48. The summed E-state index contributed by atoms with van der Waals surface area (Å²) < 4.78 is 45.3. The van der Waals surface area contributed by atoms with Gasteiger partial charge in [0, 0.05) is 29.7 Å². The molecule has 4 rings (SSSR count). The highest BCUT2D eigenvalue weighted by molar-refractivity contribution is 6.04. The Labute approximate surface area is 174 Å². The number of alkyl halides is 3. The SMILES string of the molecule is O=C(Nc1ccc(Oc2ccc(-n3cccc3)nn2)cc1)c1ccc(C(F)(F)F)cc1. The third-order valence-electron chi connectivity index (χ3n) is 4.30. The number of anilines is 1. The highest BCUT2D eigenvalue weighted by atomic mass is 19.4. The number of ether oxygens (including phenoxy) is 1. The summed E-state index contributed by atoms with van der Waals surface area (Å²) in [7, 11) is 0. The van der Waals surface area contributed by atoms with Crippen molar-refractivity contribution in [1.29, 1.82) is 0 Å². The molecule has 1 amide bonds. The molecule has 0 fully saturated rings. The van der Waals surface area contributed by atoms with Crippen molar-refractivity contribution in [3.05, 3.63) is 96.3 Å². The van der Waals surface area contributed by atoms with Gasteiger partial charge in [-0.2, -0.15) is 13.2 Å². The van der Waals surface area contributed by atoms with Crippen LogP contribution < -0.4 is 10.1 Å². The number of hydrogen-bond donors (Lipinski definition) is 1. The van der Waals surface area contributed by atoms with Gasteiger partial charge in [-0.3, -0.25) is 4.79 Å². The maximum Gasteiger partial charge on any atom is 0.416 e. The van der Waals surface area contributed by atoms with Gasteiger partial charge >= 0.3 is 6.18 Å². The van der Waals surface area contributed by atoms with Gasteiger partial charge in [0.15, 0.2) is 5.82 Å². The molecule has 2 aromatic carbocycles. The lowest BCUT2D eigenvalue weighted by molar-refractivity contribution is -0.137. The zero-order valence-electron chi connectivity index (χ0n) is 15.9. The Kier molecular flexibility index (Phi) is 5.40. The van der Waals surface area contributed by atoms with Gasteiger partial charge in [-0.1, -0.05) is 0 Å². The highest BCUT2D eigenvalue weighted by Gasteiger charge is 2.30. The maximum absolute atomic E-state index is 12.6. The van der Waals surface area contributed by atoms with Crippen molar-refractivity contribution in [3.8, 4) is 17.4 Å². The normalized spacial score (nSPS) is 11.2. The largest absolute Gasteiger partial charge is 0.438 e. The molecule has 0 aliphatic carbocycles. The lowest BCUT2D eigenvalue weighted by atomic mass is 10.1. The van der Waals surface area contributed by atoms with E-state index in [2.05, 4.69) is 15.5 Å². The lowest BCUT2D eigenvalue weighted by Gasteiger charge is -2.09. The standard InChI is InChI=1S/C22H15F3N4O2/c23-22(24,25)16-5-3-15(4-6-16)21(30)26-17-7-9-18(10-8-17)31-20-12-11-19(27-28-20)29-13-1-2-14-29/h1-14H,(H,26,30). The second kappa shape index (κ2) is 8.31. The third kappa shape index (κ3) is 4.89. The average Bonchev–Trinajstić information content (AvgIpc) is 3.30. The van der Waals surface area contributed by atoms with Crippen LogP contribution in [0.4, 0.5) is 18.9 Å². The van der Waals surface area contributed by atoms with Gasteiger partial charge in [0.25, 0.3) is 5.91 Å². The van der Waals surface area contributed by atoms with E-state index in [9.17, 15) is 18.0 Å². The zero-order chi connectivity index (χ0) is 21.8. The van der Waals surface area contributed by atoms with E-state index < -0.39 is 17.6 Å². The van der Waals surface area contributed by atoms with Crippen LogP contribution in [-0.2, 0) is 6.18 Å². The molecule has 4 aromatic rings. The number of hydrogen-bond acceptors (Lipinski definition) is 4. The first-order chi connectivity index (χ1) is 14.9. The predicted molar refractivity (Wildman–Crippen MR) is 107 cm³/mol. The Morgan fingerprint density at radius 2 is 1.55 bits per heavy atom. The lowest BCUT2D eigenvalue weighted by Crippen LogP contribution is -2.12. The van der Waals surface area contributed by atoms with Gasteiger partial charge < -0.3 is 14.6 Å². The predicted octanol–water partition coefficient (Wildman–Crippen LogP) is 5.33. The van der Waals surface area contributed by atoms with Crippen LogP contribution in [0.1, 0.15) is 15.9 Å². The highest BCUT2D eigenvalue weighted by Crippen LogP contribution is 2.29. The molecule has 1 N–H and O–H groups in total. The Morgan fingerprint density at radius 3 is 2.13 bits per heavy atom. The number of aromatic nitrogens is 3. The Balaban J connectivity index is 1.37. The number of carbonyl (C=O) groups excluding carboxylic acids is 1. The molecule has 31 heavy (non-hydrogen) atoms. The summed E-state index contributed by atoms with van der Waals surface area (Å²) >= 11 is 0. The van der Waals surface area contributed by atoms with Crippen molar-refractivity contribution in [2.45, 2.75) is 6.18 Å². The van der Waals surface area contributed by atoms with Crippen molar-refractivity contribution in [2.24, 2.45) is 0 Å². The molecule has 0 unspecified atom stereocenters. The average molecular weight is 424 g/mol. The van der Waals surface area contributed by atoms with Crippen molar-refractivity contribution in [2.75, 3.05) is 5.32 Å². The van der Waals surface area contributed by atoms with Gasteiger partial charge in [0.1, 0.15) is 5.75 Å². The van der Waals surface area contributed by atoms with Crippen LogP contribution in [-0.4, -0.2) is 20.7 Å². The van der Waals surface area contributed by atoms with Crippen molar-refractivity contribution in [1.82, 2.24) is 14.8 Å². The van der Waals surface area contributed by atoms with E-state index in [-0.39, 0.29) is 5.56 Å². The number of benzene rings is 2. The van der Waals surface area contributed by atoms with Crippen molar-refractivity contribution in [3.63, 3.8) is 0 Å². The minimum Gasteiger partial charge on any atom is -0.438 e. The smallest absolute Gasteiger partial charge is 0.416 e. The van der Waals surface area contributed by atoms with Crippen LogP contribution in [0, 0.1) is 0 Å². The maximum atomic E-state index is 12.6. The summed E-state index contributed by atoms with van der Waals surface area (Å²) in [6.45, 7) is 0. The molecular weight excluding hydrogens is 409 g/mol. The van der Waals surface area contributed by atoms with Crippen LogP contribution in [0.2, 0.25) is 0 Å². The first kappa shape index (κ1) is 20.1. The molecule has 0 spiro atoms. The Bertz CT molecular complexity index is 1160. The van der Waals surface area contributed by atoms with Crippen molar-refractivity contribution < 1.29 is 22.7 Å². The Morgan fingerprint density at radius 1 is 0.871 bits per heavy atom. The molecule has 6 nitrogen and oxygen atoms in total. The summed E-state index contributed by atoms with van der Waals surface area (Å²) in [5.74, 6) is 0.917. The fourth-order valence-corrected chi connectivity index (χ4v) is 2.73. The minimum absolute atomic E-state index is 0.117. The molecule has 9 heteroatoms. The molecule has 0 aliphatic rings. The number of carbonyl (C=O) groups is 1. The van der Waals surface area contributed by atoms with Crippen LogP contribution >= 0.6 is 0 Å². The van der Waals surface area contributed by atoms with E-state index in [0.717, 1.165) is 24.3 Å². The van der Waals surface area contributed by atoms with Gasteiger partial charge in [-0.15, -0.1) is 10.2 Å². The van der Waals surface area contributed by atoms with Gasteiger partial charge in [0.05, 0.1) is 5.56 Å². The summed E-state index contributed by atoms with van der Waals surface area (Å²) in [6.07, 6.45) is -0.748. The van der Waals surface area contributed by atoms with E-state index in [1.54, 1.807) is 36.4 Å². The van der Waals surface area contributed by atoms with Crippen LogP contribution in [0.25, 0.3) is 5.82 Å². The number of rotatable bonds is 5. The van der Waals surface area contributed by atoms with E-state index in [4.69, 9.17) is 4.74 Å². The monoisotopic (exact) mass is 424 g/mol. The summed E-state index contributed by atoms with van der Waals surface area (Å²) in [4.78, 5) is 12.2. The first-order valence-electron chi connectivity index (χ1n) is 9.12. The molecule has 156 valence electrons. The van der Waals surface area contributed by atoms with Gasteiger partial charge in [-0.25, -0.2) is 0 Å². The van der Waals surface area contributed by atoms with E-state index in [1.807, 2.05) is 29.1 Å². The molecule has 0 saturated heterocycles. The Hall–Kier alpha value is -4.14. The van der Waals surface area contributed by atoms with E-state index in [1.165, 1.54) is 0 Å².